The summed E-state index contributed by atoms with van der Waals surface area (Å²) in [4.78, 5) is 12.2. The van der Waals surface area contributed by atoms with E-state index in [-0.39, 0.29) is 12.5 Å². The molecule has 2 rings (SSSR count). The number of amides is 1. The van der Waals surface area contributed by atoms with E-state index in [1.165, 1.54) is 0 Å². The second-order valence-corrected chi connectivity index (χ2v) is 4.19. The number of carbonyl (C=O) groups excluding carboxylic acids is 1. The standard InChI is InChI=1S/C15H14N2O3/c1-10-14(11(2)20-17-10)15(19)16-13-7-3-5-12(9-13)6-4-8-18/h3,5,7,9,18H,8H2,1-2H3,(H,16,19). The Morgan fingerprint density at radius 2 is 2.25 bits per heavy atom. The average Bonchev–Trinajstić information content (AvgIpc) is 2.76. The maximum atomic E-state index is 12.2. The van der Waals surface area contributed by atoms with Crippen LogP contribution in [0, 0.1) is 25.7 Å². The summed E-state index contributed by atoms with van der Waals surface area (Å²) in [6.07, 6.45) is 0. The van der Waals surface area contributed by atoms with E-state index in [1.807, 2.05) is 0 Å². The molecule has 2 N–H and O–H groups in total. The first-order valence-corrected chi connectivity index (χ1v) is 6.06. The van der Waals surface area contributed by atoms with Crippen molar-refractivity contribution in [3.05, 3.63) is 46.8 Å². The second kappa shape index (κ2) is 6.04. The minimum atomic E-state index is -0.270. The fraction of sp³-hybridized carbons (Fsp3) is 0.200. The first-order valence-electron chi connectivity index (χ1n) is 6.06. The van der Waals surface area contributed by atoms with E-state index < -0.39 is 0 Å². The summed E-state index contributed by atoms with van der Waals surface area (Å²) in [5.74, 6) is 5.55. The highest BCUT2D eigenvalue weighted by Crippen LogP contribution is 2.16. The van der Waals surface area contributed by atoms with Crippen LogP contribution in [0.3, 0.4) is 0 Å². The molecule has 0 unspecified atom stereocenters. The van der Waals surface area contributed by atoms with Crippen LogP contribution in [0.1, 0.15) is 27.4 Å². The number of hydrogen-bond donors (Lipinski definition) is 2. The molecule has 0 aliphatic rings. The van der Waals surface area contributed by atoms with Crippen molar-refractivity contribution in [1.82, 2.24) is 5.16 Å². The second-order valence-electron chi connectivity index (χ2n) is 4.19. The first-order chi connectivity index (χ1) is 9.61. The lowest BCUT2D eigenvalue weighted by atomic mass is 10.1. The van der Waals surface area contributed by atoms with Crippen molar-refractivity contribution < 1.29 is 14.4 Å². The summed E-state index contributed by atoms with van der Waals surface area (Å²) in [5, 5.41) is 15.2. The molecular weight excluding hydrogens is 256 g/mol. The number of nitrogens with one attached hydrogen (secondary N) is 1. The van der Waals surface area contributed by atoms with E-state index >= 15 is 0 Å². The van der Waals surface area contributed by atoms with Crippen molar-refractivity contribution in [3.63, 3.8) is 0 Å². The first kappa shape index (κ1) is 13.8. The summed E-state index contributed by atoms with van der Waals surface area (Å²) < 4.78 is 4.97. The van der Waals surface area contributed by atoms with Gasteiger partial charge in [-0.2, -0.15) is 0 Å². The van der Waals surface area contributed by atoms with Crippen molar-refractivity contribution in [3.8, 4) is 11.8 Å². The Morgan fingerprint density at radius 3 is 2.90 bits per heavy atom. The predicted octanol–water partition coefficient (Wildman–Crippen LogP) is 1.89. The summed E-state index contributed by atoms with van der Waals surface area (Å²) in [7, 11) is 0. The largest absolute Gasteiger partial charge is 0.384 e. The lowest BCUT2D eigenvalue weighted by molar-refractivity contribution is 0.102. The van der Waals surface area contributed by atoms with Crippen molar-refractivity contribution in [1.29, 1.82) is 0 Å². The van der Waals surface area contributed by atoms with E-state index in [0.717, 1.165) is 5.56 Å². The number of anilines is 1. The van der Waals surface area contributed by atoms with Gasteiger partial charge in [0.05, 0.1) is 5.69 Å². The van der Waals surface area contributed by atoms with E-state index in [0.29, 0.717) is 22.7 Å². The number of benzene rings is 1. The molecule has 1 amide bonds. The van der Waals surface area contributed by atoms with Crippen LogP contribution in [0.5, 0.6) is 0 Å². The highest BCUT2D eigenvalue weighted by atomic mass is 16.5. The van der Waals surface area contributed by atoms with Crippen molar-refractivity contribution in [2.45, 2.75) is 13.8 Å². The van der Waals surface area contributed by atoms with Crippen LogP contribution < -0.4 is 5.32 Å². The van der Waals surface area contributed by atoms with Crippen LogP contribution in [-0.2, 0) is 0 Å². The minimum Gasteiger partial charge on any atom is -0.384 e. The third-order valence-electron chi connectivity index (χ3n) is 2.69. The molecule has 0 aliphatic carbocycles. The lowest BCUT2D eigenvalue weighted by Crippen LogP contribution is -2.13. The summed E-state index contributed by atoms with van der Waals surface area (Å²) in [5.41, 5.74) is 2.34. The van der Waals surface area contributed by atoms with E-state index in [9.17, 15) is 4.79 Å². The highest BCUT2D eigenvalue weighted by Gasteiger charge is 2.17. The van der Waals surface area contributed by atoms with Crippen LogP contribution in [0.15, 0.2) is 28.8 Å². The van der Waals surface area contributed by atoms with Gasteiger partial charge in [0.15, 0.2) is 0 Å². The van der Waals surface area contributed by atoms with Crippen LogP contribution in [0.25, 0.3) is 0 Å². The Balaban J connectivity index is 2.20. The maximum Gasteiger partial charge on any atom is 0.261 e. The van der Waals surface area contributed by atoms with Crippen molar-refractivity contribution >= 4 is 11.6 Å². The summed E-state index contributed by atoms with van der Waals surface area (Å²) in [6.45, 7) is 3.21. The average molecular weight is 270 g/mol. The van der Waals surface area contributed by atoms with E-state index in [2.05, 4.69) is 22.3 Å². The topological polar surface area (TPSA) is 75.4 Å². The number of hydrogen-bond acceptors (Lipinski definition) is 4. The summed E-state index contributed by atoms with van der Waals surface area (Å²) >= 11 is 0. The Labute approximate surface area is 116 Å². The number of aryl methyl sites for hydroxylation is 2. The van der Waals surface area contributed by atoms with Gasteiger partial charge in [-0.25, -0.2) is 0 Å². The minimum absolute atomic E-state index is 0.199. The van der Waals surface area contributed by atoms with Gasteiger partial charge in [0.1, 0.15) is 17.9 Å². The number of aromatic nitrogens is 1. The van der Waals surface area contributed by atoms with Gasteiger partial charge in [0.2, 0.25) is 0 Å². The van der Waals surface area contributed by atoms with Crippen LogP contribution in [0.4, 0.5) is 5.69 Å². The maximum absolute atomic E-state index is 12.2. The third-order valence-corrected chi connectivity index (χ3v) is 2.69. The third kappa shape index (κ3) is 3.05. The molecule has 0 bridgehead atoms. The molecule has 0 aliphatic heterocycles. The smallest absolute Gasteiger partial charge is 0.261 e. The Hall–Kier alpha value is -2.58. The molecule has 5 heteroatoms. The molecule has 5 nitrogen and oxygen atoms in total. The molecule has 20 heavy (non-hydrogen) atoms. The van der Waals surface area contributed by atoms with Gasteiger partial charge in [0, 0.05) is 11.3 Å². The Bertz CT molecular complexity index is 673. The zero-order valence-electron chi connectivity index (χ0n) is 11.2. The number of nitrogens with zero attached hydrogens (tertiary/aromatic N) is 1. The van der Waals surface area contributed by atoms with E-state index in [4.69, 9.17) is 9.63 Å². The predicted molar refractivity (Wildman–Crippen MR) is 74.3 cm³/mol. The molecule has 1 aromatic heterocycles. The molecule has 102 valence electrons. The highest BCUT2D eigenvalue weighted by molar-refractivity contribution is 6.05. The number of rotatable bonds is 2. The van der Waals surface area contributed by atoms with Crippen LogP contribution in [0.2, 0.25) is 0 Å². The molecule has 0 radical (unpaired) electrons. The molecule has 0 fully saturated rings. The molecular formula is C15H14N2O3. The van der Waals surface area contributed by atoms with Gasteiger partial charge in [-0.05, 0) is 32.0 Å². The van der Waals surface area contributed by atoms with Gasteiger partial charge in [0.25, 0.3) is 5.91 Å². The number of carbonyl (C=O) groups is 1. The molecule has 0 spiro atoms. The zero-order valence-corrected chi connectivity index (χ0v) is 11.2. The van der Waals surface area contributed by atoms with Gasteiger partial charge in [-0.1, -0.05) is 23.1 Å². The Morgan fingerprint density at radius 1 is 1.45 bits per heavy atom. The molecule has 0 atom stereocenters. The van der Waals surface area contributed by atoms with Gasteiger partial charge >= 0.3 is 0 Å². The molecule has 1 heterocycles. The lowest BCUT2D eigenvalue weighted by Gasteiger charge is -2.05. The fourth-order valence-corrected chi connectivity index (χ4v) is 1.82. The normalized spacial score (nSPS) is 9.75. The van der Waals surface area contributed by atoms with E-state index in [1.54, 1.807) is 38.1 Å². The van der Waals surface area contributed by atoms with Gasteiger partial charge in [-0.3, -0.25) is 4.79 Å². The number of aliphatic hydroxyl groups excluding tert-OH is 1. The zero-order chi connectivity index (χ0) is 14.5. The summed E-state index contributed by atoms with van der Waals surface area (Å²) in [6, 6.07) is 7.08. The SMILES string of the molecule is Cc1noc(C)c1C(=O)Nc1cccc(C#CCO)c1. The van der Waals surface area contributed by atoms with Crippen LogP contribution >= 0.6 is 0 Å². The van der Waals surface area contributed by atoms with Crippen molar-refractivity contribution in [2.24, 2.45) is 0 Å². The fourth-order valence-electron chi connectivity index (χ4n) is 1.82. The van der Waals surface area contributed by atoms with Gasteiger partial charge < -0.3 is 14.9 Å². The van der Waals surface area contributed by atoms with Crippen molar-refractivity contribution in [2.75, 3.05) is 11.9 Å². The molecule has 0 saturated heterocycles. The molecule has 0 saturated carbocycles. The quantitative estimate of drug-likeness (QED) is 0.817. The number of aliphatic hydroxyl groups is 1. The molecule has 1 aromatic carbocycles. The monoisotopic (exact) mass is 270 g/mol. The van der Waals surface area contributed by atoms with Crippen LogP contribution in [-0.4, -0.2) is 22.8 Å². The van der Waals surface area contributed by atoms with Gasteiger partial charge in [-0.15, -0.1) is 0 Å². The Kier molecular flexibility index (Phi) is 4.18. The molecule has 2 aromatic rings.